The molecule has 112 valence electrons. The molecule has 1 unspecified atom stereocenters. The Hall–Kier alpha value is -1.41. The number of thiophene rings is 1. The van der Waals surface area contributed by atoms with Crippen molar-refractivity contribution in [3.8, 4) is 0 Å². The van der Waals surface area contributed by atoms with Gasteiger partial charge in [0, 0.05) is 11.6 Å². The average Bonchev–Trinajstić information content (AvgIpc) is 2.77. The van der Waals surface area contributed by atoms with Crippen LogP contribution in [-0.4, -0.2) is 37.2 Å². The first kappa shape index (κ1) is 16.6. The Balaban J connectivity index is 2.96. The molecule has 1 heterocycles. The molecule has 0 aliphatic heterocycles. The van der Waals surface area contributed by atoms with Crippen LogP contribution in [0.1, 0.15) is 36.4 Å². The van der Waals surface area contributed by atoms with Crippen LogP contribution >= 0.6 is 11.3 Å². The van der Waals surface area contributed by atoms with Gasteiger partial charge in [0.1, 0.15) is 5.54 Å². The van der Waals surface area contributed by atoms with Crippen LogP contribution in [0, 0.1) is 0 Å². The van der Waals surface area contributed by atoms with E-state index in [1.54, 1.807) is 0 Å². The van der Waals surface area contributed by atoms with Crippen molar-refractivity contribution in [2.45, 2.75) is 37.1 Å². The molecule has 0 radical (unpaired) electrons. The lowest BCUT2D eigenvalue weighted by Gasteiger charge is -2.25. The highest BCUT2D eigenvalue weighted by Gasteiger charge is 2.34. The molecule has 1 rings (SSSR count). The van der Waals surface area contributed by atoms with Crippen LogP contribution in [0.5, 0.6) is 0 Å². The van der Waals surface area contributed by atoms with Gasteiger partial charge in [-0.25, -0.2) is 13.2 Å². The normalized spacial score (nSPS) is 14.6. The van der Waals surface area contributed by atoms with Gasteiger partial charge in [-0.1, -0.05) is 13.3 Å². The molecule has 0 spiro atoms. The molecule has 1 amide bonds. The Bertz CT molecular complexity index is 620. The lowest BCUT2D eigenvalue weighted by Crippen LogP contribution is -2.51. The molecule has 1 atom stereocenters. The van der Waals surface area contributed by atoms with E-state index < -0.39 is 27.3 Å². The highest BCUT2D eigenvalue weighted by molar-refractivity contribution is 7.90. The highest BCUT2D eigenvalue weighted by Crippen LogP contribution is 2.21. The van der Waals surface area contributed by atoms with Crippen molar-refractivity contribution in [2.75, 3.05) is 6.26 Å². The first-order valence-electron chi connectivity index (χ1n) is 5.94. The standard InChI is InChI=1S/C12H17NO5S2/c1-4-5-12(2,11(15)16)13-10(14)9-6-8(7-19-9)20(3,17)18/h6-7H,4-5H2,1-3H3,(H,13,14)(H,15,16). The number of nitrogens with one attached hydrogen (secondary N) is 1. The SMILES string of the molecule is CCCC(C)(NC(=O)c1cc(S(C)(=O)=O)cs1)C(=O)O. The largest absolute Gasteiger partial charge is 0.480 e. The number of rotatable bonds is 6. The molecule has 1 aromatic heterocycles. The fraction of sp³-hybridized carbons (Fsp3) is 0.500. The Morgan fingerprint density at radius 3 is 2.45 bits per heavy atom. The fourth-order valence-electron chi connectivity index (χ4n) is 1.67. The van der Waals surface area contributed by atoms with Crippen molar-refractivity contribution in [1.82, 2.24) is 5.32 Å². The van der Waals surface area contributed by atoms with Crippen molar-refractivity contribution in [3.05, 3.63) is 16.3 Å². The summed E-state index contributed by atoms with van der Waals surface area (Å²) in [4.78, 5) is 23.5. The molecule has 0 aliphatic carbocycles. The minimum Gasteiger partial charge on any atom is -0.480 e. The predicted molar refractivity (Wildman–Crippen MR) is 75.8 cm³/mol. The monoisotopic (exact) mass is 319 g/mol. The Morgan fingerprint density at radius 1 is 1.45 bits per heavy atom. The van der Waals surface area contributed by atoms with Gasteiger partial charge in [-0.2, -0.15) is 0 Å². The van der Waals surface area contributed by atoms with Gasteiger partial charge < -0.3 is 10.4 Å². The van der Waals surface area contributed by atoms with E-state index >= 15 is 0 Å². The molecule has 2 N–H and O–H groups in total. The number of carboxylic acid groups (broad SMARTS) is 1. The van der Waals surface area contributed by atoms with Crippen molar-refractivity contribution < 1.29 is 23.1 Å². The van der Waals surface area contributed by atoms with Crippen molar-refractivity contribution in [3.63, 3.8) is 0 Å². The van der Waals surface area contributed by atoms with E-state index in [0.29, 0.717) is 12.8 Å². The summed E-state index contributed by atoms with van der Waals surface area (Å²) in [6.45, 7) is 3.25. The molecule has 0 aliphatic rings. The number of hydrogen-bond donors (Lipinski definition) is 2. The summed E-state index contributed by atoms with van der Waals surface area (Å²) in [6, 6.07) is 1.25. The second-order valence-electron chi connectivity index (χ2n) is 4.76. The molecule has 1 aromatic rings. The summed E-state index contributed by atoms with van der Waals surface area (Å²) in [5.74, 6) is -1.70. The van der Waals surface area contributed by atoms with Gasteiger partial charge in [0.05, 0.1) is 9.77 Å². The minimum atomic E-state index is -3.37. The first-order chi connectivity index (χ1) is 9.10. The summed E-state index contributed by atoms with van der Waals surface area (Å²) in [5, 5.41) is 13.0. The van der Waals surface area contributed by atoms with Crippen LogP contribution in [0.3, 0.4) is 0 Å². The van der Waals surface area contributed by atoms with Crippen LogP contribution in [0.15, 0.2) is 16.3 Å². The Kier molecular flexibility index (Phi) is 4.93. The zero-order valence-corrected chi connectivity index (χ0v) is 13.1. The van der Waals surface area contributed by atoms with Gasteiger partial charge in [0.2, 0.25) is 0 Å². The third-order valence-corrected chi connectivity index (χ3v) is 5.01. The van der Waals surface area contributed by atoms with Crippen LogP contribution in [0.4, 0.5) is 0 Å². The van der Waals surface area contributed by atoms with E-state index in [-0.39, 0.29) is 9.77 Å². The van der Waals surface area contributed by atoms with Crippen molar-refractivity contribution >= 4 is 33.1 Å². The van der Waals surface area contributed by atoms with Gasteiger partial charge >= 0.3 is 5.97 Å². The van der Waals surface area contributed by atoms with E-state index in [2.05, 4.69) is 5.32 Å². The van der Waals surface area contributed by atoms with Crippen LogP contribution in [-0.2, 0) is 14.6 Å². The lowest BCUT2D eigenvalue weighted by atomic mass is 9.96. The zero-order valence-electron chi connectivity index (χ0n) is 11.5. The molecule has 0 saturated heterocycles. The van der Waals surface area contributed by atoms with Crippen molar-refractivity contribution in [1.29, 1.82) is 0 Å². The lowest BCUT2D eigenvalue weighted by molar-refractivity contribution is -0.144. The predicted octanol–water partition coefficient (Wildman–Crippen LogP) is 1.52. The smallest absolute Gasteiger partial charge is 0.329 e. The molecule has 0 saturated carbocycles. The van der Waals surface area contributed by atoms with Crippen LogP contribution in [0.2, 0.25) is 0 Å². The Labute approximate surface area is 121 Å². The summed E-state index contributed by atoms with van der Waals surface area (Å²) in [7, 11) is -3.37. The van der Waals surface area contributed by atoms with E-state index in [0.717, 1.165) is 17.6 Å². The maximum absolute atomic E-state index is 12.0. The van der Waals surface area contributed by atoms with Gasteiger partial charge in [0.25, 0.3) is 5.91 Å². The van der Waals surface area contributed by atoms with Crippen LogP contribution < -0.4 is 5.32 Å². The molecule has 0 aromatic carbocycles. The van der Waals surface area contributed by atoms with E-state index in [4.69, 9.17) is 0 Å². The molecular weight excluding hydrogens is 302 g/mol. The van der Waals surface area contributed by atoms with Crippen molar-refractivity contribution in [2.24, 2.45) is 0 Å². The quantitative estimate of drug-likeness (QED) is 0.828. The summed E-state index contributed by atoms with van der Waals surface area (Å²) < 4.78 is 22.7. The number of carbonyl (C=O) groups excluding carboxylic acids is 1. The number of aliphatic carboxylic acids is 1. The number of carboxylic acids is 1. The number of sulfone groups is 1. The second kappa shape index (κ2) is 5.92. The molecule has 0 fully saturated rings. The van der Waals surface area contributed by atoms with Crippen LogP contribution in [0.25, 0.3) is 0 Å². The second-order valence-corrected chi connectivity index (χ2v) is 7.69. The van der Waals surface area contributed by atoms with Gasteiger partial charge in [-0.15, -0.1) is 11.3 Å². The Morgan fingerprint density at radius 2 is 2.05 bits per heavy atom. The minimum absolute atomic E-state index is 0.0557. The molecule has 20 heavy (non-hydrogen) atoms. The van der Waals surface area contributed by atoms with E-state index in [1.165, 1.54) is 18.4 Å². The number of carbonyl (C=O) groups is 2. The van der Waals surface area contributed by atoms with Gasteiger partial charge in [0.15, 0.2) is 9.84 Å². The summed E-state index contributed by atoms with van der Waals surface area (Å²) in [5.41, 5.74) is -1.36. The highest BCUT2D eigenvalue weighted by atomic mass is 32.2. The van der Waals surface area contributed by atoms with Gasteiger partial charge in [-0.05, 0) is 19.4 Å². The maximum Gasteiger partial charge on any atom is 0.329 e. The summed E-state index contributed by atoms with van der Waals surface area (Å²) in [6.07, 6.45) is 1.94. The van der Waals surface area contributed by atoms with Gasteiger partial charge in [-0.3, -0.25) is 4.79 Å². The summed E-state index contributed by atoms with van der Waals surface area (Å²) >= 11 is 0.971. The number of hydrogen-bond acceptors (Lipinski definition) is 5. The third kappa shape index (κ3) is 3.80. The molecule has 0 bridgehead atoms. The number of amides is 1. The topological polar surface area (TPSA) is 101 Å². The zero-order chi connectivity index (χ0) is 15.6. The molecular formula is C12H17NO5S2. The maximum atomic E-state index is 12.0. The molecule has 6 nitrogen and oxygen atoms in total. The molecule has 8 heteroatoms. The third-order valence-electron chi connectivity index (χ3n) is 2.84. The average molecular weight is 319 g/mol. The van der Waals surface area contributed by atoms with E-state index in [1.807, 2.05) is 6.92 Å². The fourth-order valence-corrected chi connectivity index (χ4v) is 3.58. The first-order valence-corrected chi connectivity index (χ1v) is 8.72. The van der Waals surface area contributed by atoms with E-state index in [9.17, 15) is 23.1 Å².